The molecule has 1 N–H and O–H groups in total. The van der Waals surface area contributed by atoms with Gasteiger partial charge in [0.05, 0.1) is 16.8 Å². The summed E-state index contributed by atoms with van der Waals surface area (Å²) in [5.41, 5.74) is 0.717. The lowest BCUT2D eigenvalue weighted by Gasteiger charge is -2.25. The molecule has 0 spiro atoms. The number of nitrogens with one attached hydrogen (secondary N) is 1. The summed E-state index contributed by atoms with van der Waals surface area (Å²) in [4.78, 5) is 0. The molecule has 2 unspecified atom stereocenters. The zero-order chi connectivity index (χ0) is 14.0. The zero-order valence-corrected chi connectivity index (χ0v) is 12.9. The van der Waals surface area contributed by atoms with Gasteiger partial charge in [0, 0.05) is 18.3 Å². The Morgan fingerprint density at radius 1 is 1.63 bits per heavy atom. The molecule has 19 heavy (non-hydrogen) atoms. The lowest BCUT2D eigenvalue weighted by atomic mass is 9.99. The maximum atomic E-state index is 9.47. The SMILES string of the molecule is Cc1cc(SC2CCC(C#N)(NC(C)C)C2)n(C)n1. The predicted octanol–water partition coefficient (Wildman–Crippen LogP) is 2.63. The number of hydrogen-bond acceptors (Lipinski definition) is 4. The van der Waals surface area contributed by atoms with Crippen molar-refractivity contribution in [2.24, 2.45) is 7.05 Å². The summed E-state index contributed by atoms with van der Waals surface area (Å²) in [7, 11) is 1.98. The van der Waals surface area contributed by atoms with E-state index in [9.17, 15) is 5.26 Å². The largest absolute Gasteiger partial charge is 0.297 e. The molecule has 4 nitrogen and oxygen atoms in total. The van der Waals surface area contributed by atoms with Crippen LogP contribution in [0.25, 0.3) is 0 Å². The molecule has 2 rings (SSSR count). The van der Waals surface area contributed by atoms with Crippen LogP contribution in [0.15, 0.2) is 11.1 Å². The molecule has 0 amide bonds. The van der Waals surface area contributed by atoms with Gasteiger partial charge in [-0.15, -0.1) is 11.8 Å². The van der Waals surface area contributed by atoms with E-state index in [1.165, 1.54) is 5.03 Å². The van der Waals surface area contributed by atoms with Crippen molar-refractivity contribution in [3.63, 3.8) is 0 Å². The molecule has 0 aliphatic heterocycles. The van der Waals surface area contributed by atoms with Crippen LogP contribution < -0.4 is 5.32 Å². The quantitative estimate of drug-likeness (QED) is 0.920. The van der Waals surface area contributed by atoms with Crippen molar-refractivity contribution in [1.82, 2.24) is 15.1 Å². The van der Waals surface area contributed by atoms with Crippen LogP contribution in [0.3, 0.4) is 0 Å². The second-order valence-corrected chi connectivity index (χ2v) is 7.04. The molecule has 0 radical (unpaired) electrons. The number of aryl methyl sites for hydroxylation is 2. The molecule has 1 aliphatic carbocycles. The zero-order valence-electron chi connectivity index (χ0n) is 12.1. The fourth-order valence-corrected chi connectivity index (χ4v) is 4.16. The normalized spacial score (nSPS) is 26.8. The molecular formula is C14H22N4S. The van der Waals surface area contributed by atoms with Gasteiger partial charge in [0.1, 0.15) is 5.54 Å². The summed E-state index contributed by atoms with van der Waals surface area (Å²) in [6.45, 7) is 6.21. The summed E-state index contributed by atoms with van der Waals surface area (Å²) in [5, 5.41) is 19.0. The summed E-state index contributed by atoms with van der Waals surface area (Å²) in [6.07, 6.45) is 2.94. The van der Waals surface area contributed by atoms with Crippen LogP contribution in [-0.4, -0.2) is 26.6 Å². The fraction of sp³-hybridized carbons (Fsp3) is 0.714. The Kier molecular flexibility index (Phi) is 4.22. The molecule has 1 heterocycles. The van der Waals surface area contributed by atoms with Gasteiger partial charge in [0.2, 0.25) is 0 Å². The molecule has 0 aromatic carbocycles. The average Bonchev–Trinajstić information content (AvgIpc) is 2.84. The highest BCUT2D eigenvalue weighted by atomic mass is 32.2. The lowest BCUT2D eigenvalue weighted by molar-refractivity contribution is 0.386. The Labute approximate surface area is 119 Å². The highest BCUT2D eigenvalue weighted by Crippen LogP contribution is 2.40. The summed E-state index contributed by atoms with van der Waals surface area (Å²) in [6, 6.07) is 4.96. The third-order valence-electron chi connectivity index (χ3n) is 3.49. The third kappa shape index (κ3) is 3.31. The highest BCUT2D eigenvalue weighted by Gasteiger charge is 2.40. The van der Waals surface area contributed by atoms with Gasteiger partial charge >= 0.3 is 0 Å². The van der Waals surface area contributed by atoms with Crippen LogP contribution in [0.2, 0.25) is 0 Å². The fourth-order valence-electron chi connectivity index (χ4n) is 2.79. The first-order valence-electron chi connectivity index (χ1n) is 6.80. The van der Waals surface area contributed by atoms with Gasteiger partial charge in [-0.2, -0.15) is 10.4 Å². The summed E-state index contributed by atoms with van der Waals surface area (Å²) < 4.78 is 1.93. The van der Waals surface area contributed by atoms with E-state index in [4.69, 9.17) is 0 Å². The van der Waals surface area contributed by atoms with Crippen molar-refractivity contribution >= 4 is 11.8 Å². The van der Waals surface area contributed by atoms with Crippen molar-refractivity contribution in [2.45, 2.75) is 61.9 Å². The summed E-state index contributed by atoms with van der Waals surface area (Å²) >= 11 is 1.85. The van der Waals surface area contributed by atoms with E-state index in [1.54, 1.807) is 0 Å². The smallest absolute Gasteiger partial charge is 0.108 e. The van der Waals surface area contributed by atoms with Crippen LogP contribution in [0.4, 0.5) is 0 Å². The third-order valence-corrected chi connectivity index (χ3v) is 4.85. The van der Waals surface area contributed by atoms with E-state index < -0.39 is 0 Å². The van der Waals surface area contributed by atoms with Crippen molar-refractivity contribution < 1.29 is 0 Å². The average molecular weight is 278 g/mol. The molecule has 104 valence electrons. The first kappa shape index (κ1) is 14.4. The van der Waals surface area contributed by atoms with Gasteiger partial charge in [-0.1, -0.05) is 0 Å². The van der Waals surface area contributed by atoms with Crippen molar-refractivity contribution in [2.75, 3.05) is 0 Å². The Balaban J connectivity index is 2.02. The van der Waals surface area contributed by atoms with E-state index in [2.05, 4.69) is 36.4 Å². The first-order valence-corrected chi connectivity index (χ1v) is 7.68. The number of nitrogens with zero attached hydrogens (tertiary/aromatic N) is 3. The molecule has 1 aliphatic rings. The molecule has 2 atom stereocenters. The molecule has 0 saturated heterocycles. The monoisotopic (exact) mass is 278 g/mol. The highest BCUT2D eigenvalue weighted by molar-refractivity contribution is 7.99. The molecule has 1 fully saturated rings. The maximum absolute atomic E-state index is 9.47. The number of rotatable bonds is 4. The van der Waals surface area contributed by atoms with E-state index in [1.807, 2.05) is 30.4 Å². The van der Waals surface area contributed by atoms with Crippen LogP contribution in [0.5, 0.6) is 0 Å². The van der Waals surface area contributed by atoms with Gasteiger partial charge in [-0.05, 0) is 46.1 Å². The molecule has 0 bridgehead atoms. The van der Waals surface area contributed by atoms with Crippen LogP contribution in [-0.2, 0) is 7.05 Å². The van der Waals surface area contributed by atoms with Crippen molar-refractivity contribution in [1.29, 1.82) is 5.26 Å². The molecule has 1 saturated carbocycles. The number of thioether (sulfide) groups is 1. The van der Waals surface area contributed by atoms with E-state index in [-0.39, 0.29) is 5.54 Å². The summed E-state index contributed by atoms with van der Waals surface area (Å²) in [5.74, 6) is 0. The predicted molar refractivity (Wildman–Crippen MR) is 78.1 cm³/mol. The Hall–Kier alpha value is -0.990. The van der Waals surface area contributed by atoms with E-state index in [0.717, 1.165) is 25.0 Å². The van der Waals surface area contributed by atoms with Crippen molar-refractivity contribution in [3.8, 4) is 6.07 Å². The first-order chi connectivity index (χ1) is 8.94. The molecule has 1 aromatic rings. The van der Waals surface area contributed by atoms with Crippen LogP contribution in [0.1, 0.15) is 38.8 Å². The molecule has 5 heteroatoms. The maximum Gasteiger partial charge on any atom is 0.108 e. The Morgan fingerprint density at radius 2 is 2.37 bits per heavy atom. The van der Waals surface area contributed by atoms with E-state index in [0.29, 0.717) is 11.3 Å². The van der Waals surface area contributed by atoms with Crippen LogP contribution in [0, 0.1) is 18.3 Å². The van der Waals surface area contributed by atoms with Gasteiger partial charge in [-0.25, -0.2) is 0 Å². The second-order valence-electron chi connectivity index (χ2n) is 5.72. The standard InChI is InChI=1S/C14H22N4S/c1-10(2)16-14(9-15)6-5-12(8-14)19-13-7-11(3)17-18(13)4/h7,10,12,16H,5-6,8H2,1-4H3. The van der Waals surface area contributed by atoms with Gasteiger partial charge in [-0.3, -0.25) is 10.00 Å². The van der Waals surface area contributed by atoms with Gasteiger partial charge in [0.25, 0.3) is 0 Å². The minimum atomic E-state index is -0.334. The number of nitriles is 1. The second kappa shape index (κ2) is 5.56. The Bertz CT molecular complexity index is 488. The number of hydrogen-bond donors (Lipinski definition) is 1. The molecular weight excluding hydrogens is 256 g/mol. The molecule has 1 aromatic heterocycles. The minimum absolute atomic E-state index is 0.334. The Morgan fingerprint density at radius 3 is 2.89 bits per heavy atom. The lowest BCUT2D eigenvalue weighted by Crippen LogP contribution is -2.45. The van der Waals surface area contributed by atoms with E-state index >= 15 is 0 Å². The number of aromatic nitrogens is 2. The van der Waals surface area contributed by atoms with Crippen molar-refractivity contribution in [3.05, 3.63) is 11.8 Å². The van der Waals surface area contributed by atoms with Gasteiger partial charge < -0.3 is 0 Å². The van der Waals surface area contributed by atoms with Crippen LogP contribution >= 0.6 is 11.8 Å². The topological polar surface area (TPSA) is 53.6 Å². The minimum Gasteiger partial charge on any atom is -0.297 e. The van der Waals surface area contributed by atoms with Gasteiger partial charge in [0.15, 0.2) is 0 Å².